The molecule has 49 heavy (non-hydrogen) atoms. The number of ether oxygens (including phenoxy) is 2. The van der Waals surface area contributed by atoms with Crippen LogP contribution in [-0.2, 0) is 4.79 Å². The molecule has 0 bridgehead atoms. The zero-order valence-electron chi connectivity index (χ0n) is 27.6. The molecule has 2 saturated heterocycles. The average Bonchev–Trinajstić information content (AvgIpc) is 3.62. The van der Waals surface area contributed by atoms with Crippen molar-refractivity contribution in [2.75, 3.05) is 62.2 Å². The maximum absolute atomic E-state index is 14.3. The lowest BCUT2D eigenvalue weighted by Crippen LogP contribution is -2.57. The van der Waals surface area contributed by atoms with Gasteiger partial charge in [-0.05, 0) is 80.9 Å². The van der Waals surface area contributed by atoms with E-state index in [0.29, 0.717) is 71.4 Å². The topological polar surface area (TPSA) is 121 Å². The number of urea groups is 1. The molecule has 0 aliphatic carbocycles. The number of methoxy groups -OCH3 is 2. The van der Waals surface area contributed by atoms with Crippen LogP contribution in [0.5, 0.6) is 11.5 Å². The van der Waals surface area contributed by atoms with E-state index in [1.165, 1.54) is 48.1 Å². The van der Waals surface area contributed by atoms with Crippen LogP contribution < -0.4 is 35.6 Å². The number of nitrogens with zero attached hydrogens (tertiary/aromatic N) is 5. The second kappa shape index (κ2) is 14.7. The first-order valence-electron chi connectivity index (χ1n) is 16.2. The van der Waals surface area contributed by atoms with Crippen molar-refractivity contribution in [3.8, 4) is 11.5 Å². The number of nitrogens with one attached hydrogen (secondary N) is 2. The molecule has 3 aromatic carbocycles. The van der Waals surface area contributed by atoms with Crippen LogP contribution in [0, 0.1) is 5.82 Å². The Balaban J connectivity index is 1.41. The Kier molecular flexibility index (Phi) is 10.2. The fourth-order valence-corrected chi connectivity index (χ4v) is 6.61. The standard InChI is InChI=1S/C35H39ClFN7O5/c1-22(43(30-13-11-27(48-2)21-31(30)49-3)35(47)39-25-9-7-24(37)8-10-25)33-40-29-12-6-23(36)19-28(29)34(46)44(33)42-17-15-41(16-18-42)32(45)20-26-5-4-14-38-26/h6-13,19,21-22,26,38H,4-5,14-18,20H2,1-3H3,(H,39,47)/t22?,26-/m0/s1. The summed E-state index contributed by atoms with van der Waals surface area (Å²) >= 11 is 6.32. The van der Waals surface area contributed by atoms with Crippen LogP contribution in [-0.4, -0.2) is 79.5 Å². The molecular weight excluding hydrogens is 653 g/mol. The predicted octanol–water partition coefficient (Wildman–Crippen LogP) is 4.93. The molecule has 1 unspecified atom stereocenters. The van der Waals surface area contributed by atoms with Crippen molar-refractivity contribution in [2.24, 2.45) is 0 Å². The minimum atomic E-state index is -0.858. The smallest absolute Gasteiger partial charge is 0.327 e. The maximum atomic E-state index is 14.3. The van der Waals surface area contributed by atoms with Crippen molar-refractivity contribution in [1.29, 1.82) is 0 Å². The molecule has 2 aliphatic heterocycles. The van der Waals surface area contributed by atoms with E-state index in [9.17, 15) is 18.8 Å². The van der Waals surface area contributed by atoms with E-state index in [1.807, 2.05) is 9.91 Å². The summed E-state index contributed by atoms with van der Waals surface area (Å²) in [6.45, 7) is 4.26. The molecule has 4 aromatic rings. The van der Waals surface area contributed by atoms with Gasteiger partial charge >= 0.3 is 6.03 Å². The fourth-order valence-electron chi connectivity index (χ4n) is 6.44. The number of carbonyl (C=O) groups excluding carboxylic acids is 2. The number of piperazine rings is 1. The maximum Gasteiger partial charge on any atom is 0.327 e. The van der Waals surface area contributed by atoms with E-state index in [2.05, 4.69) is 10.6 Å². The highest BCUT2D eigenvalue weighted by molar-refractivity contribution is 6.31. The Morgan fingerprint density at radius 1 is 1.06 bits per heavy atom. The first-order valence-corrected chi connectivity index (χ1v) is 16.6. The van der Waals surface area contributed by atoms with Gasteiger partial charge in [0.15, 0.2) is 5.82 Å². The van der Waals surface area contributed by atoms with Crippen molar-refractivity contribution in [3.63, 3.8) is 0 Å². The van der Waals surface area contributed by atoms with Crippen LogP contribution in [0.1, 0.15) is 38.1 Å². The monoisotopic (exact) mass is 691 g/mol. The quantitative estimate of drug-likeness (QED) is 0.254. The summed E-state index contributed by atoms with van der Waals surface area (Å²) in [5, 5.41) is 8.79. The van der Waals surface area contributed by atoms with Gasteiger partial charge in [0, 0.05) is 42.3 Å². The van der Waals surface area contributed by atoms with Crippen LogP contribution >= 0.6 is 11.6 Å². The van der Waals surface area contributed by atoms with E-state index >= 15 is 0 Å². The van der Waals surface area contributed by atoms with Crippen LogP contribution in [0.4, 0.5) is 20.6 Å². The zero-order valence-corrected chi connectivity index (χ0v) is 28.4. The Bertz CT molecular complexity index is 1890. The van der Waals surface area contributed by atoms with Gasteiger partial charge in [0.25, 0.3) is 5.56 Å². The predicted molar refractivity (Wildman–Crippen MR) is 187 cm³/mol. The summed E-state index contributed by atoms with van der Waals surface area (Å²) in [5.74, 6) is 0.772. The van der Waals surface area contributed by atoms with Crippen molar-refractivity contribution in [3.05, 3.63) is 87.7 Å². The van der Waals surface area contributed by atoms with Gasteiger partial charge in [0.2, 0.25) is 5.91 Å². The van der Waals surface area contributed by atoms with Gasteiger partial charge in [-0.15, -0.1) is 0 Å². The zero-order chi connectivity index (χ0) is 34.7. The number of aromatic nitrogens is 2. The van der Waals surface area contributed by atoms with Crippen molar-refractivity contribution in [2.45, 2.75) is 38.3 Å². The summed E-state index contributed by atoms with van der Waals surface area (Å²) in [7, 11) is 3.01. The van der Waals surface area contributed by atoms with Crippen LogP contribution in [0.3, 0.4) is 0 Å². The molecule has 1 aromatic heterocycles. The third-order valence-corrected chi connectivity index (χ3v) is 9.27. The lowest BCUT2D eigenvalue weighted by Gasteiger charge is -2.39. The van der Waals surface area contributed by atoms with Gasteiger partial charge < -0.3 is 30.0 Å². The lowest BCUT2D eigenvalue weighted by atomic mass is 10.1. The first-order chi connectivity index (χ1) is 23.7. The van der Waals surface area contributed by atoms with Gasteiger partial charge in [-0.25, -0.2) is 18.8 Å². The molecule has 3 heterocycles. The van der Waals surface area contributed by atoms with E-state index in [4.69, 9.17) is 26.1 Å². The van der Waals surface area contributed by atoms with Crippen LogP contribution in [0.2, 0.25) is 5.02 Å². The highest BCUT2D eigenvalue weighted by Crippen LogP contribution is 2.37. The Morgan fingerprint density at radius 2 is 1.82 bits per heavy atom. The molecule has 2 fully saturated rings. The van der Waals surface area contributed by atoms with E-state index in [0.717, 1.165) is 19.4 Å². The second-order valence-electron chi connectivity index (χ2n) is 12.1. The number of hydrogen-bond donors (Lipinski definition) is 2. The highest BCUT2D eigenvalue weighted by Gasteiger charge is 2.33. The summed E-state index contributed by atoms with van der Waals surface area (Å²) < 4.78 is 26.3. The van der Waals surface area contributed by atoms with E-state index in [-0.39, 0.29) is 23.3 Å². The third kappa shape index (κ3) is 7.27. The van der Waals surface area contributed by atoms with Crippen molar-refractivity contribution < 1.29 is 23.5 Å². The first kappa shape index (κ1) is 34.0. The van der Waals surface area contributed by atoms with Gasteiger partial charge in [-0.2, -0.15) is 0 Å². The number of hydrogen-bond acceptors (Lipinski definition) is 8. The molecule has 0 saturated carbocycles. The van der Waals surface area contributed by atoms with Gasteiger partial charge in [0.1, 0.15) is 17.3 Å². The number of halogens is 2. The summed E-state index contributed by atoms with van der Waals surface area (Å²) in [4.78, 5) is 49.9. The number of amides is 3. The molecule has 6 rings (SSSR count). The fraction of sp³-hybridized carbons (Fsp3) is 0.371. The number of benzene rings is 3. The van der Waals surface area contributed by atoms with Gasteiger partial charge in [-0.3, -0.25) is 14.5 Å². The number of rotatable bonds is 9. The van der Waals surface area contributed by atoms with Crippen molar-refractivity contribution >= 4 is 45.8 Å². The van der Waals surface area contributed by atoms with Crippen LogP contribution in [0.25, 0.3) is 10.9 Å². The minimum absolute atomic E-state index is 0.0821. The lowest BCUT2D eigenvalue weighted by molar-refractivity contribution is -0.132. The average molecular weight is 692 g/mol. The van der Waals surface area contributed by atoms with E-state index < -0.39 is 17.9 Å². The molecule has 2 aliphatic rings. The SMILES string of the molecule is COc1ccc(N(C(=O)Nc2ccc(F)cc2)C(C)c2nc3ccc(Cl)cc3c(=O)n2N2CCN(C(=O)C[C@@H]3CCCN3)CC2)c(OC)c1. The third-order valence-electron chi connectivity index (χ3n) is 9.03. The number of carbonyl (C=O) groups is 2. The molecule has 12 nitrogen and oxygen atoms in total. The van der Waals surface area contributed by atoms with Gasteiger partial charge in [-0.1, -0.05) is 11.6 Å². The summed E-state index contributed by atoms with van der Waals surface area (Å²) in [5.41, 5.74) is 0.794. The summed E-state index contributed by atoms with van der Waals surface area (Å²) in [6, 6.07) is 14.1. The Morgan fingerprint density at radius 3 is 2.49 bits per heavy atom. The van der Waals surface area contributed by atoms with E-state index in [1.54, 1.807) is 43.3 Å². The molecule has 2 atom stereocenters. The summed E-state index contributed by atoms with van der Waals surface area (Å²) in [6.07, 6.45) is 2.49. The number of fused-ring (bicyclic) bond motifs is 1. The van der Waals surface area contributed by atoms with Crippen LogP contribution in [0.15, 0.2) is 65.5 Å². The van der Waals surface area contributed by atoms with Gasteiger partial charge in [0.05, 0.1) is 49.9 Å². The normalized spacial score (nSPS) is 16.8. The Labute approximate surface area is 288 Å². The molecule has 2 N–H and O–H groups in total. The molecular formula is C35H39ClFN7O5. The largest absolute Gasteiger partial charge is 0.497 e. The van der Waals surface area contributed by atoms with Crippen molar-refractivity contribution in [1.82, 2.24) is 19.9 Å². The Hall–Kier alpha value is -4.88. The highest BCUT2D eigenvalue weighted by atomic mass is 35.5. The molecule has 3 amide bonds. The molecule has 0 radical (unpaired) electrons. The molecule has 14 heteroatoms. The number of anilines is 2. The molecule has 258 valence electrons. The minimum Gasteiger partial charge on any atom is -0.497 e. The molecule has 0 spiro atoms. The second-order valence-corrected chi connectivity index (χ2v) is 12.5.